The monoisotopic (exact) mass is 186 g/mol. The van der Waals surface area contributed by atoms with E-state index >= 15 is 0 Å². The molecule has 0 aliphatic rings. The Kier molecular flexibility index (Phi) is 2.46. The molecule has 4 heteroatoms. The van der Waals surface area contributed by atoms with Crippen molar-refractivity contribution in [3.63, 3.8) is 0 Å². The maximum absolute atomic E-state index is 5.49. The molecule has 0 bridgehead atoms. The average molecular weight is 186 g/mol. The highest BCUT2D eigenvalue weighted by Gasteiger charge is 2.01. The van der Waals surface area contributed by atoms with E-state index in [1.165, 1.54) is 0 Å². The summed E-state index contributed by atoms with van der Waals surface area (Å²) in [7, 11) is 0. The van der Waals surface area contributed by atoms with Crippen LogP contribution in [-0.4, -0.2) is 15.0 Å². The van der Waals surface area contributed by atoms with Gasteiger partial charge in [0.2, 0.25) is 0 Å². The zero-order valence-corrected chi connectivity index (χ0v) is 7.59. The van der Waals surface area contributed by atoms with Crippen LogP contribution in [0.25, 0.3) is 11.5 Å². The number of nitrogens with zero attached hydrogens (tertiary/aromatic N) is 3. The van der Waals surface area contributed by atoms with Crippen molar-refractivity contribution in [2.75, 3.05) is 0 Å². The molecule has 2 N–H and O–H groups in total. The van der Waals surface area contributed by atoms with Crippen LogP contribution in [0.5, 0.6) is 0 Å². The first-order valence-electron chi connectivity index (χ1n) is 4.33. The molecule has 0 saturated carbocycles. The number of rotatable bonds is 2. The van der Waals surface area contributed by atoms with Crippen molar-refractivity contribution in [3.8, 4) is 11.5 Å². The fraction of sp³-hybridized carbons (Fsp3) is 0.100. The zero-order chi connectivity index (χ0) is 9.80. The molecule has 0 radical (unpaired) electrons. The van der Waals surface area contributed by atoms with Crippen LogP contribution in [0, 0.1) is 0 Å². The average Bonchev–Trinajstić information content (AvgIpc) is 2.30. The summed E-state index contributed by atoms with van der Waals surface area (Å²) in [4.78, 5) is 12.5. The molecule has 0 saturated heterocycles. The molecule has 0 amide bonds. The third-order valence-electron chi connectivity index (χ3n) is 1.82. The minimum absolute atomic E-state index is 0.419. The van der Waals surface area contributed by atoms with E-state index < -0.39 is 0 Å². The fourth-order valence-corrected chi connectivity index (χ4v) is 1.13. The normalized spacial score (nSPS) is 10.1. The van der Waals surface area contributed by atoms with Crippen molar-refractivity contribution >= 4 is 0 Å². The first-order valence-corrected chi connectivity index (χ1v) is 4.33. The Hall–Kier alpha value is -1.81. The molecular formula is C10H10N4. The largest absolute Gasteiger partial charge is 0.325 e. The van der Waals surface area contributed by atoms with Gasteiger partial charge < -0.3 is 5.73 Å². The molecule has 14 heavy (non-hydrogen) atoms. The fourth-order valence-electron chi connectivity index (χ4n) is 1.13. The lowest BCUT2D eigenvalue weighted by Gasteiger charge is -2.00. The molecule has 0 aliphatic carbocycles. The molecule has 0 fully saturated rings. The highest BCUT2D eigenvalue weighted by Crippen LogP contribution is 2.09. The summed E-state index contributed by atoms with van der Waals surface area (Å²) in [6, 6.07) is 7.43. The van der Waals surface area contributed by atoms with Crippen molar-refractivity contribution in [3.05, 3.63) is 42.4 Å². The van der Waals surface area contributed by atoms with E-state index in [2.05, 4.69) is 15.0 Å². The van der Waals surface area contributed by atoms with Crippen molar-refractivity contribution in [1.29, 1.82) is 0 Å². The summed E-state index contributed by atoms with van der Waals surface area (Å²) >= 11 is 0. The van der Waals surface area contributed by atoms with Crippen molar-refractivity contribution in [2.24, 2.45) is 5.73 Å². The zero-order valence-electron chi connectivity index (χ0n) is 7.59. The van der Waals surface area contributed by atoms with Crippen molar-refractivity contribution in [2.45, 2.75) is 6.54 Å². The van der Waals surface area contributed by atoms with Crippen LogP contribution in [0.2, 0.25) is 0 Å². The molecule has 70 valence electrons. The van der Waals surface area contributed by atoms with E-state index in [0.29, 0.717) is 12.4 Å². The Morgan fingerprint density at radius 2 is 2.00 bits per heavy atom. The van der Waals surface area contributed by atoms with Gasteiger partial charge in [0.1, 0.15) is 5.69 Å². The minimum Gasteiger partial charge on any atom is -0.325 e. The molecule has 4 nitrogen and oxygen atoms in total. The van der Waals surface area contributed by atoms with Gasteiger partial charge in [0.05, 0.1) is 5.69 Å². The highest BCUT2D eigenvalue weighted by atomic mass is 14.9. The molecule has 2 aromatic rings. The van der Waals surface area contributed by atoms with Crippen LogP contribution in [0.3, 0.4) is 0 Å². The quantitative estimate of drug-likeness (QED) is 0.759. The molecule has 0 aliphatic heterocycles. The Balaban J connectivity index is 2.42. The van der Waals surface area contributed by atoms with Crippen LogP contribution in [-0.2, 0) is 6.54 Å². The molecular weight excluding hydrogens is 176 g/mol. The van der Waals surface area contributed by atoms with Crippen molar-refractivity contribution < 1.29 is 0 Å². The maximum atomic E-state index is 5.49. The molecule has 0 atom stereocenters. The number of pyridine rings is 1. The van der Waals surface area contributed by atoms with Gasteiger partial charge in [-0.15, -0.1) is 0 Å². The number of aromatic nitrogens is 3. The van der Waals surface area contributed by atoms with Gasteiger partial charge in [-0.25, -0.2) is 9.97 Å². The van der Waals surface area contributed by atoms with Gasteiger partial charge in [-0.1, -0.05) is 6.07 Å². The van der Waals surface area contributed by atoms with Gasteiger partial charge in [-0.2, -0.15) is 0 Å². The number of hydrogen-bond acceptors (Lipinski definition) is 4. The second-order valence-corrected chi connectivity index (χ2v) is 2.79. The van der Waals surface area contributed by atoms with E-state index in [-0.39, 0.29) is 0 Å². The van der Waals surface area contributed by atoms with Crippen molar-refractivity contribution in [1.82, 2.24) is 15.0 Å². The molecule has 2 heterocycles. The molecule has 0 unspecified atom stereocenters. The first kappa shape index (κ1) is 8.77. The van der Waals surface area contributed by atoms with Gasteiger partial charge >= 0.3 is 0 Å². The number of hydrogen-bond donors (Lipinski definition) is 1. The number of nitrogens with two attached hydrogens (primary N) is 1. The first-order chi connectivity index (χ1) is 6.90. The lowest BCUT2D eigenvalue weighted by molar-refractivity contribution is 0.964. The molecule has 2 aromatic heterocycles. The maximum Gasteiger partial charge on any atom is 0.178 e. The second kappa shape index (κ2) is 3.93. The smallest absolute Gasteiger partial charge is 0.178 e. The Morgan fingerprint density at radius 1 is 1.07 bits per heavy atom. The summed E-state index contributed by atoms with van der Waals surface area (Å²) in [5.41, 5.74) is 7.07. The summed E-state index contributed by atoms with van der Waals surface area (Å²) in [5, 5.41) is 0. The van der Waals surface area contributed by atoms with Gasteiger partial charge in [0.15, 0.2) is 5.82 Å². The van der Waals surface area contributed by atoms with Crippen LogP contribution >= 0.6 is 0 Å². The third kappa shape index (κ3) is 1.75. The van der Waals surface area contributed by atoms with Crippen LogP contribution in [0.15, 0.2) is 36.7 Å². The topological polar surface area (TPSA) is 64.7 Å². The van der Waals surface area contributed by atoms with Gasteiger partial charge in [-0.05, 0) is 18.2 Å². The SMILES string of the molecule is NCc1ccnc(-c2ccccn2)n1. The summed E-state index contributed by atoms with van der Waals surface area (Å²) in [6.07, 6.45) is 3.41. The molecule has 2 rings (SSSR count). The highest BCUT2D eigenvalue weighted by molar-refractivity contribution is 5.47. The Bertz CT molecular complexity index is 413. The predicted molar refractivity (Wildman–Crippen MR) is 53.2 cm³/mol. The van der Waals surface area contributed by atoms with E-state index in [4.69, 9.17) is 5.73 Å². The van der Waals surface area contributed by atoms with E-state index in [9.17, 15) is 0 Å². The predicted octanol–water partition coefficient (Wildman–Crippen LogP) is 0.997. The van der Waals surface area contributed by atoms with E-state index in [0.717, 1.165) is 11.4 Å². The summed E-state index contributed by atoms with van der Waals surface area (Å²) in [6.45, 7) is 0.419. The minimum atomic E-state index is 0.419. The van der Waals surface area contributed by atoms with Crippen LogP contribution in [0.4, 0.5) is 0 Å². The molecule has 0 aromatic carbocycles. The van der Waals surface area contributed by atoms with Gasteiger partial charge in [0, 0.05) is 18.9 Å². The van der Waals surface area contributed by atoms with Gasteiger partial charge in [0.25, 0.3) is 0 Å². The second-order valence-electron chi connectivity index (χ2n) is 2.79. The van der Waals surface area contributed by atoms with E-state index in [1.807, 2.05) is 18.2 Å². The van der Waals surface area contributed by atoms with E-state index in [1.54, 1.807) is 18.5 Å². The third-order valence-corrected chi connectivity index (χ3v) is 1.82. The summed E-state index contributed by atoms with van der Waals surface area (Å²) < 4.78 is 0. The van der Waals surface area contributed by atoms with Crippen LogP contribution in [0.1, 0.15) is 5.69 Å². The Labute approximate surface area is 81.9 Å². The lowest BCUT2D eigenvalue weighted by atomic mass is 10.3. The molecule has 0 spiro atoms. The Morgan fingerprint density at radius 3 is 2.71 bits per heavy atom. The van der Waals surface area contributed by atoms with Crippen LogP contribution < -0.4 is 5.73 Å². The van der Waals surface area contributed by atoms with Gasteiger partial charge in [-0.3, -0.25) is 4.98 Å². The standard InChI is InChI=1S/C10H10N4/c11-7-8-4-6-13-10(14-8)9-3-1-2-5-12-9/h1-6H,7,11H2. The summed E-state index contributed by atoms with van der Waals surface area (Å²) in [5.74, 6) is 0.619. The lowest BCUT2D eigenvalue weighted by Crippen LogP contribution is -2.01.